The van der Waals surface area contributed by atoms with Crippen LogP contribution in [0.3, 0.4) is 0 Å². The van der Waals surface area contributed by atoms with E-state index in [4.69, 9.17) is 0 Å². The van der Waals surface area contributed by atoms with Gasteiger partial charge in [0.1, 0.15) is 0 Å². The number of anilines is 1. The minimum Gasteiger partial charge on any atom is -0.343 e. The Morgan fingerprint density at radius 3 is 2.30 bits per heavy atom. The van der Waals surface area contributed by atoms with E-state index >= 15 is 0 Å². The van der Waals surface area contributed by atoms with Gasteiger partial charge in [-0.15, -0.1) is 0 Å². The van der Waals surface area contributed by atoms with Crippen LogP contribution >= 0.6 is 0 Å². The van der Waals surface area contributed by atoms with E-state index in [1.807, 2.05) is 0 Å². The topological polar surface area (TPSA) is 6.48 Å². The van der Waals surface area contributed by atoms with E-state index in [9.17, 15) is 0 Å². The van der Waals surface area contributed by atoms with Crippen LogP contribution in [0.25, 0.3) is 0 Å². The summed E-state index contributed by atoms with van der Waals surface area (Å²) < 4.78 is 0. The summed E-state index contributed by atoms with van der Waals surface area (Å²) in [5.74, 6) is 0.765. The van der Waals surface area contributed by atoms with Gasteiger partial charge in [-0.05, 0) is 113 Å². The molecule has 2 aromatic rings. The second-order valence-electron chi connectivity index (χ2n) is 18.4. The standard InChI is InChI=1S/C47H57BN2/c1-45(2,3)33-20-17-23-37(28-33)50-41-29-34(46(4,5)6)26-27-39(41)48-38-24-15-16-25-40(38)49(36-21-13-10-14-22-36)42-30-35(31-43(50)44(42)48)47(7,8)32-18-11-9-12-19-32/h9-13,15-16,18-19,21,24-26,28-30,35,37,39H,14,17,20,22-23,27,31H2,1-8H3. The summed E-state index contributed by atoms with van der Waals surface area (Å²) in [5.41, 5.74) is 15.3. The van der Waals surface area contributed by atoms with Crippen molar-refractivity contribution in [2.45, 2.75) is 118 Å². The molecule has 50 heavy (non-hydrogen) atoms. The average Bonchev–Trinajstić information content (AvgIpc) is 3.11. The average molecular weight is 661 g/mol. The number of hydrogen-bond donors (Lipinski definition) is 0. The number of rotatable bonds is 4. The summed E-state index contributed by atoms with van der Waals surface area (Å²) in [5, 5.41) is 0. The Hall–Kier alpha value is -3.72. The minimum atomic E-state index is -0.0370. The Morgan fingerprint density at radius 2 is 1.58 bits per heavy atom. The lowest BCUT2D eigenvalue weighted by atomic mass is 9.27. The highest BCUT2D eigenvalue weighted by molar-refractivity contribution is 6.85. The Labute approximate surface area is 303 Å². The molecule has 3 atom stereocenters. The zero-order valence-electron chi connectivity index (χ0n) is 31.9. The van der Waals surface area contributed by atoms with Crippen LogP contribution in [0, 0.1) is 16.7 Å². The van der Waals surface area contributed by atoms with Crippen molar-refractivity contribution in [3.05, 3.63) is 142 Å². The van der Waals surface area contributed by atoms with E-state index in [1.54, 1.807) is 22.4 Å². The summed E-state index contributed by atoms with van der Waals surface area (Å²) in [4.78, 5) is 5.63. The van der Waals surface area contributed by atoms with Crippen molar-refractivity contribution in [1.82, 2.24) is 4.90 Å². The van der Waals surface area contributed by atoms with Crippen LogP contribution in [0.2, 0.25) is 5.82 Å². The molecule has 258 valence electrons. The highest BCUT2D eigenvalue weighted by Gasteiger charge is 2.53. The molecule has 0 fully saturated rings. The number of nitrogens with zero attached hydrogens (tertiary/aromatic N) is 2. The molecule has 2 nitrogen and oxygen atoms in total. The third kappa shape index (κ3) is 5.55. The van der Waals surface area contributed by atoms with Crippen LogP contribution in [0.4, 0.5) is 5.69 Å². The predicted molar refractivity (Wildman–Crippen MR) is 214 cm³/mol. The fraction of sp³-hybridized carbons (Fsp3) is 0.447. The Morgan fingerprint density at radius 1 is 0.820 bits per heavy atom. The van der Waals surface area contributed by atoms with Gasteiger partial charge < -0.3 is 9.80 Å². The molecule has 4 aliphatic carbocycles. The van der Waals surface area contributed by atoms with Crippen molar-refractivity contribution in [3.8, 4) is 0 Å². The van der Waals surface area contributed by atoms with Crippen molar-refractivity contribution in [1.29, 1.82) is 0 Å². The van der Waals surface area contributed by atoms with Crippen LogP contribution in [0.15, 0.2) is 137 Å². The molecule has 0 radical (unpaired) electrons. The smallest absolute Gasteiger partial charge is 0.226 e. The van der Waals surface area contributed by atoms with E-state index < -0.39 is 0 Å². The molecule has 3 heteroatoms. The summed E-state index contributed by atoms with van der Waals surface area (Å²) >= 11 is 0. The molecule has 0 bridgehead atoms. The highest BCUT2D eigenvalue weighted by atomic mass is 15.2. The number of fused-ring (bicyclic) bond motifs is 4. The summed E-state index contributed by atoms with van der Waals surface area (Å²) in [6, 6.07) is 21.1. The molecular formula is C47H57BN2. The maximum Gasteiger partial charge on any atom is 0.226 e. The minimum absolute atomic E-state index is 0.0370. The zero-order chi connectivity index (χ0) is 35.0. The third-order valence-corrected chi connectivity index (χ3v) is 12.9. The molecule has 0 saturated carbocycles. The zero-order valence-corrected chi connectivity index (χ0v) is 31.9. The maximum absolute atomic E-state index is 2.93. The number of benzene rings is 2. The van der Waals surface area contributed by atoms with Crippen molar-refractivity contribution in [2.24, 2.45) is 16.7 Å². The molecule has 0 spiro atoms. The number of hydrogen-bond acceptors (Lipinski definition) is 2. The molecule has 2 aliphatic heterocycles. The molecule has 0 N–H and O–H groups in total. The molecule has 6 aliphatic rings. The van der Waals surface area contributed by atoms with Gasteiger partial charge in [0, 0.05) is 28.5 Å². The summed E-state index contributed by atoms with van der Waals surface area (Å²) in [6.45, 7) is 19.8. The van der Waals surface area contributed by atoms with E-state index in [-0.39, 0.29) is 16.2 Å². The molecule has 0 amide bonds. The van der Waals surface area contributed by atoms with Crippen LogP contribution in [-0.2, 0) is 5.41 Å². The van der Waals surface area contributed by atoms with Crippen molar-refractivity contribution in [2.75, 3.05) is 4.90 Å². The number of allylic oxidation sites excluding steroid dienone is 12. The quantitative estimate of drug-likeness (QED) is 0.238. The molecule has 3 unspecified atom stereocenters. The van der Waals surface area contributed by atoms with Crippen molar-refractivity contribution in [3.63, 3.8) is 0 Å². The lowest BCUT2D eigenvalue weighted by molar-refractivity contribution is 0.265. The van der Waals surface area contributed by atoms with Crippen LogP contribution in [0.5, 0.6) is 0 Å². The van der Waals surface area contributed by atoms with Gasteiger partial charge in [0.2, 0.25) is 6.71 Å². The van der Waals surface area contributed by atoms with Gasteiger partial charge in [-0.1, -0.05) is 140 Å². The SMILES string of the molecule is CC(C)(C)C1=CCC2B3C4=C(CC(C(C)(C)c5ccccc5)C=C4N(C4=CC=CCC4)c4ccccc43)N(C3C=C(C(C)(C)C)CCC3)C2=C1. The second kappa shape index (κ2) is 12.2. The van der Waals surface area contributed by atoms with Crippen molar-refractivity contribution >= 4 is 17.9 Å². The van der Waals surface area contributed by atoms with Gasteiger partial charge >= 0.3 is 0 Å². The first-order chi connectivity index (χ1) is 23.8. The molecule has 0 aromatic heterocycles. The Bertz CT molecular complexity index is 1900. The molecular weight excluding hydrogens is 603 g/mol. The van der Waals surface area contributed by atoms with E-state index in [0.29, 0.717) is 24.5 Å². The fourth-order valence-corrected chi connectivity index (χ4v) is 9.91. The highest BCUT2D eigenvalue weighted by Crippen LogP contribution is 2.56. The predicted octanol–water partition coefficient (Wildman–Crippen LogP) is 11.6. The maximum atomic E-state index is 2.93. The first-order valence-corrected chi connectivity index (χ1v) is 19.5. The van der Waals surface area contributed by atoms with E-state index in [2.05, 4.69) is 162 Å². The van der Waals surface area contributed by atoms with Crippen LogP contribution in [-0.4, -0.2) is 17.7 Å². The summed E-state index contributed by atoms with van der Waals surface area (Å²) in [7, 11) is 0. The largest absolute Gasteiger partial charge is 0.343 e. The summed E-state index contributed by atoms with van der Waals surface area (Å²) in [6.07, 6.45) is 25.7. The van der Waals surface area contributed by atoms with Crippen molar-refractivity contribution < 1.29 is 0 Å². The van der Waals surface area contributed by atoms with Gasteiger partial charge in [-0.25, -0.2) is 0 Å². The van der Waals surface area contributed by atoms with Crippen LogP contribution < -0.4 is 10.4 Å². The van der Waals surface area contributed by atoms with Gasteiger partial charge in [0.05, 0.1) is 6.04 Å². The second-order valence-corrected chi connectivity index (χ2v) is 18.4. The lowest BCUT2D eigenvalue weighted by Gasteiger charge is -2.55. The van der Waals surface area contributed by atoms with E-state index in [1.165, 1.54) is 52.9 Å². The Kier molecular flexibility index (Phi) is 8.16. The first-order valence-electron chi connectivity index (χ1n) is 19.5. The van der Waals surface area contributed by atoms with Gasteiger partial charge in [0.25, 0.3) is 0 Å². The molecule has 8 rings (SSSR count). The molecule has 0 saturated heterocycles. The van der Waals surface area contributed by atoms with Gasteiger partial charge in [0.15, 0.2) is 0 Å². The third-order valence-electron chi connectivity index (χ3n) is 12.9. The fourth-order valence-electron chi connectivity index (χ4n) is 9.91. The Balaban J connectivity index is 1.41. The normalized spacial score (nSPS) is 25.2. The van der Waals surface area contributed by atoms with Gasteiger partial charge in [-0.3, -0.25) is 0 Å². The first kappa shape index (κ1) is 33.4. The molecule has 2 heterocycles. The number of para-hydroxylation sites is 1. The van der Waals surface area contributed by atoms with Crippen LogP contribution in [0.1, 0.15) is 106 Å². The molecule has 2 aromatic carbocycles. The van der Waals surface area contributed by atoms with E-state index in [0.717, 1.165) is 25.7 Å². The lowest BCUT2D eigenvalue weighted by Crippen LogP contribution is -2.57. The van der Waals surface area contributed by atoms with Gasteiger partial charge in [-0.2, -0.15) is 0 Å². The monoisotopic (exact) mass is 660 g/mol.